The average molecular weight is 253 g/mol. The zero-order valence-corrected chi connectivity index (χ0v) is 12.3. The van der Waals surface area contributed by atoms with Crippen molar-refractivity contribution in [1.29, 1.82) is 0 Å². The highest BCUT2D eigenvalue weighted by molar-refractivity contribution is 4.83. The van der Waals surface area contributed by atoms with Crippen LogP contribution in [0.15, 0.2) is 0 Å². The molecule has 2 N–H and O–H groups in total. The zero-order chi connectivity index (χ0) is 13.0. The second kappa shape index (κ2) is 6.88. The van der Waals surface area contributed by atoms with Crippen molar-refractivity contribution in [3.63, 3.8) is 0 Å². The summed E-state index contributed by atoms with van der Waals surface area (Å²) in [4.78, 5) is 5.38. The molecule has 2 aliphatic heterocycles. The molecule has 2 saturated heterocycles. The van der Waals surface area contributed by atoms with Gasteiger partial charge in [-0.1, -0.05) is 0 Å². The minimum absolute atomic E-state index is 0.710. The lowest BCUT2D eigenvalue weighted by molar-refractivity contribution is 0.113. The summed E-state index contributed by atoms with van der Waals surface area (Å²) >= 11 is 0. The summed E-state index contributed by atoms with van der Waals surface area (Å²) < 4.78 is 0. The van der Waals surface area contributed by atoms with E-state index in [1.54, 1.807) is 0 Å². The lowest BCUT2D eigenvalue weighted by Gasteiger charge is -2.38. The number of likely N-dealkylation sites (tertiary alicyclic amines) is 2. The van der Waals surface area contributed by atoms with Crippen LogP contribution in [0.1, 0.15) is 46.0 Å². The van der Waals surface area contributed by atoms with Crippen molar-refractivity contribution in [2.75, 3.05) is 32.7 Å². The maximum Gasteiger partial charge on any atom is 0.0108 e. The van der Waals surface area contributed by atoms with Crippen LogP contribution in [0.5, 0.6) is 0 Å². The lowest BCUT2D eigenvalue weighted by Crippen LogP contribution is -2.45. The second-order valence-electron chi connectivity index (χ2n) is 6.45. The number of hydrogen-bond acceptors (Lipinski definition) is 3. The van der Waals surface area contributed by atoms with Crippen molar-refractivity contribution < 1.29 is 0 Å². The van der Waals surface area contributed by atoms with Crippen LogP contribution >= 0.6 is 0 Å². The number of nitrogens with zero attached hydrogens (tertiary/aromatic N) is 2. The fourth-order valence-electron chi connectivity index (χ4n) is 3.60. The fraction of sp³-hybridized carbons (Fsp3) is 1.00. The first-order valence-electron chi connectivity index (χ1n) is 7.89. The molecule has 0 bridgehead atoms. The van der Waals surface area contributed by atoms with E-state index in [1.165, 1.54) is 58.3 Å². The molecule has 2 fully saturated rings. The Balaban J connectivity index is 1.85. The summed E-state index contributed by atoms with van der Waals surface area (Å²) in [6.45, 7) is 10.7. The molecule has 18 heavy (non-hydrogen) atoms. The Morgan fingerprint density at radius 2 is 1.83 bits per heavy atom. The van der Waals surface area contributed by atoms with E-state index in [4.69, 9.17) is 5.73 Å². The van der Waals surface area contributed by atoms with Crippen molar-refractivity contribution >= 4 is 0 Å². The van der Waals surface area contributed by atoms with Gasteiger partial charge in [0.2, 0.25) is 0 Å². The van der Waals surface area contributed by atoms with Gasteiger partial charge in [-0.05, 0) is 78.0 Å². The standard InChI is InChI=1S/C15H31N3/c1-13(2)17-8-4-6-15(7-10-17)18-9-3-5-14(11-16)12-18/h13-15H,3-12,16H2,1-2H3. The van der Waals surface area contributed by atoms with Crippen molar-refractivity contribution in [3.05, 3.63) is 0 Å². The average Bonchev–Trinajstić information content (AvgIpc) is 2.64. The molecule has 106 valence electrons. The highest BCUT2D eigenvalue weighted by Gasteiger charge is 2.27. The lowest BCUT2D eigenvalue weighted by atomic mass is 9.95. The highest BCUT2D eigenvalue weighted by atomic mass is 15.2. The summed E-state index contributed by atoms with van der Waals surface area (Å²) in [6.07, 6.45) is 6.81. The summed E-state index contributed by atoms with van der Waals surface area (Å²) in [5, 5.41) is 0. The molecule has 0 radical (unpaired) electrons. The van der Waals surface area contributed by atoms with Gasteiger partial charge in [0.05, 0.1) is 0 Å². The first-order chi connectivity index (χ1) is 8.70. The predicted molar refractivity (Wildman–Crippen MR) is 77.7 cm³/mol. The smallest absolute Gasteiger partial charge is 0.0108 e. The zero-order valence-electron chi connectivity index (χ0n) is 12.3. The van der Waals surface area contributed by atoms with E-state index >= 15 is 0 Å². The van der Waals surface area contributed by atoms with Gasteiger partial charge in [-0.3, -0.25) is 0 Å². The van der Waals surface area contributed by atoms with E-state index in [0.29, 0.717) is 6.04 Å². The number of nitrogens with two attached hydrogens (primary N) is 1. The number of rotatable bonds is 3. The van der Waals surface area contributed by atoms with Gasteiger partial charge >= 0.3 is 0 Å². The molecule has 2 atom stereocenters. The molecule has 0 aromatic carbocycles. The first kappa shape index (κ1) is 14.3. The van der Waals surface area contributed by atoms with Gasteiger partial charge in [-0.2, -0.15) is 0 Å². The summed E-state index contributed by atoms with van der Waals surface area (Å²) in [7, 11) is 0. The minimum atomic E-state index is 0.710. The van der Waals surface area contributed by atoms with E-state index in [9.17, 15) is 0 Å². The van der Waals surface area contributed by atoms with E-state index < -0.39 is 0 Å². The van der Waals surface area contributed by atoms with Crippen molar-refractivity contribution in [1.82, 2.24) is 9.80 Å². The molecule has 3 heteroatoms. The summed E-state index contributed by atoms with van der Waals surface area (Å²) in [5.41, 5.74) is 5.85. The molecular formula is C15H31N3. The van der Waals surface area contributed by atoms with Crippen LogP contribution in [0, 0.1) is 5.92 Å². The Bertz CT molecular complexity index is 242. The van der Waals surface area contributed by atoms with Crippen LogP contribution in [0.25, 0.3) is 0 Å². The molecule has 0 saturated carbocycles. The third-order valence-electron chi connectivity index (χ3n) is 4.86. The normalized spacial score (nSPS) is 32.7. The topological polar surface area (TPSA) is 32.5 Å². The molecule has 2 unspecified atom stereocenters. The fourth-order valence-corrected chi connectivity index (χ4v) is 3.60. The minimum Gasteiger partial charge on any atom is -0.330 e. The largest absolute Gasteiger partial charge is 0.330 e. The van der Waals surface area contributed by atoms with Gasteiger partial charge in [0.25, 0.3) is 0 Å². The number of hydrogen-bond donors (Lipinski definition) is 1. The maximum atomic E-state index is 5.85. The molecule has 0 spiro atoms. The molecule has 2 aliphatic rings. The Hall–Kier alpha value is -0.120. The first-order valence-corrected chi connectivity index (χ1v) is 7.89. The Labute approximate surface area is 113 Å². The molecular weight excluding hydrogens is 222 g/mol. The monoisotopic (exact) mass is 253 g/mol. The van der Waals surface area contributed by atoms with Gasteiger partial charge in [0, 0.05) is 18.6 Å². The molecule has 0 aromatic rings. The van der Waals surface area contributed by atoms with Crippen molar-refractivity contribution in [2.45, 2.75) is 58.0 Å². The Morgan fingerprint density at radius 3 is 2.56 bits per heavy atom. The Morgan fingerprint density at radius 1 is 1.06 bits per heavy atom. The van der Waals surface area contributed by atoms with Gasteiger partial charge in [0.15, 0.2) is 0 Å². The highest BCUT2D eigenvalue weighted by Crippen LogP contribution is 2.24. The molecule has 0 aromatic heterocycles. The predicted octanol–water partition coefficient (Wildman–Crippen LogP) is 1.92. The van der Waals surface area contributed by atoms with Crippen molar-refractivity contribution in [2.24, 2.45) is 11.7 Å². The van der Waals surface area contributed by atoms with Crippen LogP contribution in [0.2, 0.25) is 0 Å². The molecule has 3 nitrogen and oxygen atoms in total. The molecule has 2 heterocycles. The SMILES string of the molecule is CC(C)N1CCCC(N2CCCC(CN)C2)CC1. The van der Waals surface area contributed by atoms with Crippen LogP contribution in [-0.2, 0) is 0 Å². The number of piperidine rings is 1. The van der Waals surface area contributed by atoms with Gasteiger partial charge in [0.1, 0.15) is 0 Å². The maximum absolute atomic E-state index is 5.85. The molecule has 0 amide bonds. The van der Waals surface area contributed by atoms with Crippen LogP contribution in [0.4, 0.5) is 0 Å². The third-order valence-corrected chi connectivity index (χ3v) is 4.86. The van der Waals surface area contributed by atoms with Gasteiger partial charge in [-0.15, -0.1) is 0 Å². The molecule has 2 rings (SSSR count). The molecule has 0 aliphatic carbocycles. The quantitative estimate of drug-likeness (QED) is 0.834. The summed E-state index contributed by atoms with van der Waals surface area (Å²) in [5.74, 6) is 0.753. The van der Waals surface area contributed by atoms with Crippen LogP contribution in [0.3, 0.4) is 0 Å². The summed E-state index contributed by atoms with van der Waals surface area (Å²) in [6, 6.07) is 1.53. The van der Waals surface area contributed by atoms with Crippen molar-refractivity contribution in [3.8, 4) is 0 Å². The van der Waals surface area contributed by atoms with E-state index in [0.717, 1.165) is 18.5 Å². The van der Waals surface area contributed by atoms with E-state index in [-0.39, 0.29) is 0 Å². The van der Waals surface area contributed by atoms with Gasteiger partial charge in [-0.25, -0.2) is 0 Å². The van der Waals surface area contributed by atoms with Crippen LogP contribution < -0.4 is 5.73 Å². The Kier molecular flexibility index (Phi) is 5.46. The van der Waals surface area contributed by atoms with Gasteiger partial charge < -0.3 is 15.5 Å². The van der Waals surface area contributed by atoms with E-state index in [2.05, 4.69) is 23.6 Å². The van der Waals surface area contributed by atoms with Crippen LogP contribution in [-0.4, -0.2) is 54.6 Å². The second-order valence-corrected chi connectivity index (χ2v) is 6.45. The van der Waals surface area contributed by atoms with E-state index in [1.807, 2.05) is 0 Å². The third kappa shape index (κ3) is 3.69.